The Labute approximate surface area is 173 Å². The quantitative estimate of drug-likeness (QED) is 0.767. The van der Waals surface area contributed by atoms with Gasteiger partial charge in [0, 0.05) is 17.0 Å². The number of hydrogen-bond acceptors (Lipinski definition) is 8. The van der Waals surface area contributed by atoms with Crippen molar-refractivity contribution in [3.8, 4) is 17.2 Å². The van der Waals surface area contributed by atoms with Crippen LogP contribution in [0.25, 0.3) is 0 Å². The van der Waals surface area contributed by atoms with Gasteiger partial charge in [-0.3, -0.25) is 4.90 Å². The largest absolute Gasteiger partial charge is 0.492 e. The van der Waals surface area contributed by atoms with Gasteiger partial charge in [0.15, 0.2) is 11.5 Å². The third kappa shape index (κ3) is 2.85. The number of thiophene rings is 1. The van der Waals surface area contributed by atoms with Crippen LogP contribution in [0, 0.1) is 0 Å². The van der Waals surface area contributed by atoms with Crippen molar-refractivity contribution in [1.29, 1.82) is 0 Å². The molecule has 0 saturated heterocycles. The van der Waals surface area contributed by atoms with Crippen LogP contribution in [-0.4, -0.2) is 45.5 Å². The van der Waals surface area contributed by atoms with Crippen molar-refractivity contribution in [2.45, 2.75) is 31.8 Å². The van der Waals surface area contributed by atoms with Crippen molar-refractivity contribution in [1.82, 2.24) is 4.90 Å². The van der Waals surface area contributed by atoms with E-state index < -0.39 is 0 Å². The van der Waals surface area contributed by atoms with Crippen LogP contribution in [0.15, 0.2) is 6.07 Å². The van der Waals surface area contributed by atoms with Crippen molar-refractivity contribution >= 4 is 22.3 Å². The lowest BCUT2D eigenvalue weighted by Crippen LogP contribution is -2.37. The highest BCUT2D eigenvalue weighted by atomic mass is 32.1. The lowest BCUT2D eigenvalue weighted by atomic mass is 9.95. The molecule has 29 heavy (non-hydrogen) atoms. The number of rotatable bonds is 4. The number of hydrogen-bond donors (Lipinski definition) is 1. The van der Waals surface area contributed by atoms with Crippen LogP contribution in [-0.2, 0) is 24.0 Å². The van der Waals surface area contributed by atoms with Crippen LogP contribution in [0.3, 0.4) is 0 Å². The molecule has 1 aliphatic carbocycles. The van der Waals surface area contributed by atoms with E-state index >= 15 is 0 Å². The van der Waals surface area contributed by atoms with E-state index in [1.54, 1.807) is 18.4 Å². The van der Waals surface area contributed by atoms with E-state index in [1.807, 2.05) is 0 Å². The Morgan fingerprint density at radius 1 is 1.28 bits per heavy atom. The Balaban J connectivity index is 1.60. The van der Waals surface area contributed by atoms with E-state index in [9.17, 15) is 4.79 Å². The van der Waals surface area contributed by atoms with Gasteiger partial charge in [0.05, 0.1) is 19.8 Å². The van der Waals surface area contributed by atoms with Crippen molar-refractivity contribution < 1.29 is 23.7 Å². The molecule has 0 radical (unpaired) electrons. The van der Waals surface area contributed by atoms with E-state index in [0.717, 1.165) is 54.1 Å². The van der Waals surface area contributed by atoms with Gasteiger partial charge in [-0.25, -0.2) is 4.79 Å². The molecule has 1 aromatic carbocycles. The molecule has 154 valence electrons. The first-order valence-corrected chi connectivity index (χ1v) is 10.6. The number of esters is 1. The van der Waals surface area contributed by atoms with Crippen LogP contribution in [0.5, 0.6) is 17.2 Å². The van der Waals surface area contributed by atoms with Crippen molar-refractivity contribution in [2.24, 2.45) is 0 Å². The van der Waals surface area contributed by atoms with Crippen LogP contribution in [0.2, 0.25) is 0 Å². The van der Waals surface area contributed by atoms with E-state index in [-0.39, 0.29) is 18.9 Å². The van der Waals surface area contributed by atoms with Gasteiger partial charge in [-0.05, 0) is 49.9 Å². The molecule has 1 atom stereocenters. The number of nitrogens with zero attached hydrogens (tertiary/aromatic N) is 1. The monoisotopic (exact) mass is 416 g/mol. The van der Waals surface area contributed by atoms with Crippen molar-refractivity contribution in [3.05, 3.63) is 33.2 Å². The standard InChI is InChI=1S/C21H24N2O5S/c1-23-8-7-11-9-13-17(28-10-27-13)18(25-2)15(11)19(23)22-20-16(21(24)26-3)12-5-4-6-14(12)29-20/h9,19,22H,4-8,10H2,1-3H3/t19-/m1/s1. The molecule has 0 bridgehead atoms. The average molecular weight is 416 g/mol. The molecule has 1 aromatic heterocycles. The van der Waals surface area contributed by atoms with Gasteiger partial charge in [-0.2, -0.15) is 0 Å². The summed E-state index contributed by atoms with van der Waals surface area (Å²) in [7, 11) is 5.17. The van der Waals surface area contributed by atoms with Crippen LogP contribution in [0.1, 0.15) is 44.5 Å². The molecule has 0 fully saturated rings. The summed E-state index contributed by atoms with van der Waals surface area (Å²) in [5.74, 6) is 1.80. The lowest BCUT2D eigenvalue weighted by Gasteiger charge is -2.36. The van der Waals surface area contributed by atoms with Crippen molar-refractivity contribution in [3.63, 3.8) is 0 Å². The predicted octanol–water partition coefficient (Wildman–Crippen LogP) is 3.36. The number of ether oxygens (including phenoxy) is 4. The number of aryl methyl sites for hydroxylation is 1. The molecule has 7 nitrogen and oxygen atoms in total. The number of benzene rings is 1. The maximum Gasteiger partial charge on any atom is 0.341 e. The summed E-state index contributed by atoms with van der Waals surface area (Å²) >= 11 is 1.67. The molecule has 8 heteroatoms. The Kier molecular flexibility index (Phi) is 4.55. The van der Waals surface area contributed by atoms with Crippen molar-refractivity contribution in [2.75, 3.05) is 39.9 Å². The number of carbonyl (C=O) groups is 1. The number of nitrogens with one attached hydrogen (secondary N) is 1. The summed E-state index contributed by atoms with van der Waals surface area (Å²) < 4.78 is 22.2. The average Bonchev–Trinajstić information content (AvgIpc) is 3.43. The number of methoxy groups -OCH3 is 2. The molecule has 0 saturated carbocycles. The van der Waals surface area contributed by atoms with Crippen LogP contribution >= 0.6 is 11.3 Å². The first kappa shape index (κ1) is 18.6. The molecule has 0 spiro atoms. The molecule has 3 heterocycles. The smallest absolute Gasteiger partial charge is 0.341 e. The molecule has 0 unspecified atom stereocenters. The van der Waals surface area contributed by atoms with Crippen LogP contribution in [0.4, 0.5) is 5.00 Å². The second kappa shape index (κ2) is 7.11. The highest BCUT2D eigenvalue weighted by Gasteiger charge is 2.36. The zero-order valence-corrected chi connectivity index (χ0v) is 17.6. The molecular weight excluding hydrogens is 392 g/mol. The summed E-state index contributed by atoms with van der Waals surface area (Å²) in [4.78, 5) is 16.1. The van der Waals surface area contributed by atoms with E-state index in [0.29, 0.717) is 17.1 Å². The van der Waals surface area contributed by atoms with Gasteiger partial charge < -0.3 is 24.3 Å². The number of likely N-dealkylation sites (N-methyl/N-ethyl adjacent to an activating group) is 1. The minimum Gasteiger partial charge on any atom is -0.492 e. The van der Waals surface area contributed by atoms with Gasteiger partial charge in [0.2, 0.25) is 12.5 Å². The summed E-state index contributed by atoms with van der Waals surface area (Å²) in [5, 5.41) is 4.50. The molecule has 0 amide bonds. The zero-order chi connectivity index (χ0) is 20.1. The van der Waals surface area contributed by atoms with Gasteiger partial charge in [-0.15, -0.1) is 11.3 Å². The van der Waals surface area contributed by atoms with Gasteiger partial charge in [0.1, 0.15) is 11.2 Å². The lowest BCUT2D eigenvalue weighted by molar-refractivity contribution is 0.0601. The molecular formula is C21H24N2O5S. The van der Waals surface area contributed by atoms with E-state index in [1.165, 1.54) is 17.6 Å². The highest BCUT2D eigenvalue weighted by molar-refractivity contribution is 7.16. The molecule has 2 aromatic rings. The third-order valence-electron chi connectivity index (χ3n) is 5.97. The number of carbonyl (C=O) groups excluding carboxylic acids is 1. The predicted molar refractivity (Wildman–Crippen MR) is 109 cm³/mol. The minimum atomic E-state index is -0.275. The Morgan fingerprint density at radius 2 is 2.14 bits per heavy atom. The first-order chi connectivity index (χ1) is 14.1. The summed E-state index contributed by atoms with van der Waals surface area (Å²) in [6.45, 7) is 1.08. The Morgan fingerprint density at radius 3 is 2.93 bits per heavy atom. The summed E-state index contributed by atoms with van der Waals surface area (Å²) in [6.07, 6.45) is 3.78. The molecule has 1 N–H and O–H groups in total. The van der Waals surface area contributed by atoms with E-state index in [2.05, 4.69) is 23.3 Å². The maximum atomic E-state index is 12.6. The summed E-state index contributed by atoms with van der Waals surface area (Å²) in [5.41, 5.74) is 4.03. The minimum absolute atomic E-state index is 0.148. The van der Waals surface area contributed by atoms with Gasteiger partial charge >= 0.3 is 5.97 Å². The van der Waals surface area contributed by atoms with Gasteiger partial charge in [0.25, 0.3) is 0 Å². The molecule has 3 aliphatic rings. The zero-order valence-electron chi connectivity index (χ0n) is 16.8. The Bertz CT molecular complexity index is 986. The number of fused-ring (bicyclic) bond motifs is 3. The SMILES string of the molecule is COC(=O)c1c(N[C@H]2c3c(cc4c(c3OC)OCO4)CCN2C)sc2c1CCC2. The summed E-state index contributed by atoms with van der Waals surface area (Å²) in [6, 6.07) is 2.05. The van der Waals surface area contributed by atoms with E-state index in [4.69, 9.17) is 18.9 Å². The highest BCUT2D eigenvalue weighted by Crippen LogP contribution is 2.50. The maximum absolute atomic E-state index is 12.6. The fourth-order valence-corrected chi connectivity index (χ4v) is 5.86. The van der Waals surface area contributed by atoms with Gasteiger partial charge in [-0.1, -0.05) is 0 Å². The topological polar surface area (TPSA) is 69.3 Å². The molecule has 2 aliphatic heterocycles. The fourth-order valence-electron chi connectivity index (χ4n) is 4.56. The third-order valence-corrected chi connectivity index (χ3v) is 7.20. The second-order valence-electron chi connectivity index (χ2n) is 7.55. The van der Waals surface area contributed by atoms with Crippen LogP contribution < -0.4 is 19.5 Å². The first-order valence-electron chi connectivity index (χ1n) is 9.81. The number of anilines is 1. The fraction of sp³-hybridized carbons (Fsp3) is 0.476. The normalized spacial score (nSPS) is 19.6. The molecule has 5 rings (SSSR count). The Hall–Kier alpha value is -2.45. The second-order valence-corrected chi connectivity index (χ2v) is 8.65.